The van der Waals surface area contributed by atoms with Crippen LogP contribution >= 0.6 is 27.7 Å². The van der Waals surface area contributed by atoms with Gasteiger partial charge in [0.1, 0.15) is 6.10 Å². The topological polar surface area (TPSA) is 29.5 Å². The normalized spacial score (nSPS) is 19.6. The quantitative estimate of drug-likeness (QED) is 0.309. The molecule has 2 aromatic rings. The minimum absolute atomic E-state index is 0.0493. The minimum Gasteiger partial charge on any atom is -0.439 e. The highest BCUT2D eigenvalue weighted by molar-refractivity contribution is 9.10. The number of nitrogens with zero attached hydrogens (tertiary/aromatic N) is 1. The Balaban J connectivity index is 1.96. The molecule has 0 saturated carbocycles. The molecule has 1 fully saturated rings. The van der Waals surface area contributed by atoms with Gasteiger partial charge < -0.3 is 4.74 Å². The Kier molecular flexibility index (Phi) is 6.57. The first-order valence-electron chi connectivity index (χ1n) is 8.90. The Labute approximate surface area is 186 Å². The monoisotopic (exact) mass is 527 g/mol. The third kappa shape index (κ3) is 5.14. The number of hydrogen-bond donors (Lipinski definition) is 0. The predicted octanol–water partition coefficient (Wildman–Crippen LogP) is 7.29. The Morgan fingerprint density at radius 2 is 1.61 bits per heavy atom. The zero-order valence-electron chi connectivity index (χ0n) is 16.1. The van der Waals surface area contributed by atoms with Gasteiger partial charge in [0.2, 0.25) is 0 Å². The van der Waals surface area contributed by atoms with Crippen molar-refractivity contribution in [2.75, 3.05) is 6.26 Å². The van der Waals surface area contributed by atoms with E-state index in [1.807, 2.05) is 18.4 Å². The van der Waals surface area contributed by atoms with Crippen LogP contribution in [0.3, 0.4) is 0 Å². The van der Waals surface area contributed by atoms with Crippen LogP contribution in [-0.2, 0) is 23.6 Å². The van der Waals surface area contributed by atoms with Crippen molar-refractivity contribution >= 4 is 33.8 Å². The van der Waals surface area contributed by atoms with E-state index < -0.39 is 41.7 Å². The van der Waals surface area contributed by atoms with Crippen molar-refractivity contribution in [3.63, 3.8) is 0 Å². The summed E-state index contributed by atoms with van der Waals surface area (Å²) in [6.07, 6.45) is -10.2. The van der Waals surface area contributed by atoms with E-state index in [-0.39, 0.29) is 18.2 Å². The molecular weight excluding hydrogens is 512 g/mol. The van der Waals surface area contributed by atoms with Crippen LogP contribution < -0.4 is 0 Å². The molecule has 1 heterocycles. The van der Waals surface area contributed by atoms with Gasteiger partial charge in [-0.1, -0.05) is 15.9 Å². The van der Waals surface area contributed by atoms with Gasteiger partial charge in [-0.3, -0.25) is 4.90 Å². The molecule has 1 amide bonds. The summed E-state index contributed by atoms with van der Waals surface area (Å²) in [6.45, 7) is 1.60. The summed E-state index contributed by atoms with van der Waals surface area (Å²) in [5.74, 6) is 0. The third-order valence-electron chi connectivity index (χ3n) is 4.92. The summed E-state index contributed by atoms with van der Waals surface area (Å²) in [6, 6.07) is 5.96. The largest absolute Gasteiger partial charge is 0.439 e. The fourth-order valence-electron chi connectivity index (χ4n) is 3.29. The fraction of sp³-hybridized carbons (Fsp3) is 0.350. The molecule has 11 heteroatoms. The molecule has 0 bridgehead atoms. The first-order valence-corrected chi connectivity index (χ1v) is 10.9. The zero-order chi connectivity index (χ0) is 23.1. The van der Waals surface area contributed by atoms with Gasteiger partial charge in [0.25, 0.3) is 0 Å². The number of halogens is 7. The van der Waals surface area contributed by atoms with Gasteiger partial charge in [-0.25, -0.2) is 4.79 Å². The van der Waals surface area contributed by atoms with Crippen LogP contribution in [-0.4, -0.2) is 23.3 Å². The molecule has 31 heavy (non-hydrogen) atoms. The Morgan fingerprint density at radius 3 is 2.13 bits per heavy atom. The molecule has 3 rings (SSSR count). The van der Waals surface area contributed by atoms with Gasteiger partial charge in [-0.05, 0) is 60.7 Å². The minimum atomic E-state index is -4.98. The van der Waals surface area contributed by atoms with Gasteiger partial charge in [0.05, 0.1) is 23.7 Å². The SMILES string of the molecule is CSc1ccc(Br)c(CN2C(=O)O[C@H](c3cc(C(F)(F)F)cc(C(F)(F)F)c3)[C@@H]2C)c1. The lowest BCUT2D eigenvalue weighted by Crippen LogP contribution is -2.31. The first-order chi connectivity index (χ1) is 14.3. The molecule has 0 spiro atoms. The van der Waals surface area contributed by atoms with E-state index in [1.54, 1.807) is 6.07 Å². The molecular formula is C20H16BrF6NO2S. The second-order valence-corrected chi connectivity index (χ2v) is 8.70. The van der Waals surface area contributed by atoms with Crippen LogP contribution in [0.25, 0.3) is 0 Å². The van der Waals surface area contributed by atoms with E-state index in [2.05, 4.69) is 15.9 Å². The second-order valence-electron chi connectivity index (χ2n) is 6.97. The van der Waals surface area contributed by atoms with Gasteiger partial charge in [-0.2, -0.15) is 26.3 Å². The zero-order valence-corrected chi connectivity index (χ0v) is 18.5. The molecule has 2 atom stereocenters. The molecule has 0 radical (unpaired) electrons. The molecule has 1 aliphatic rings. The van der Waals surface area contributed by atoms with Gasteiger partial charge in [0, 0.05) is 9.37 Å². The lowest BCUT2D eigenvalue weighted by atomic mass is 9.97. The van der Waals surface area contributed by atoms with Crippen molar-refractivity contribution in [1.29, 1.82) is 0 Å². The second kappa shape index (κ2) is 8.57. The average Bonchev–Trinajstić information content (AvgIpc) is 2.96. The highest BCUT2D eigenvalue weighted by Crippen LogP contribution is 2.41. The van der Waals surface area contributed by atoms with Crippen LogP contribution in [0.4, 0.5) is 31.1 Å². The summed E-state index contributed by atoms with van der Waals surface area (Å²) >= 11 is 4.88. The molecule has 1 saturated heterocycles. The molecule has 1 aliphatic heterocycles. The number of rotatable bonds is 4. The highest BCUT2D eigenvalue weighted by Gasteiger charge is 2.43. The Morgan fingerprint density at radius 1 is 1.03 bits per heavy atom. The molecule has 3 nitrogen and oxygen atoms in total. The van der Waals surface area contributed by atoms with E-state index in [1.165, 1.54) is 23.6 Å². The molecule has 0 aliphatic carbocycles. The van der Waals surface area contributed by atoms with Crippen molar-refractivity contribution < 1.29 is 35.9 Å². The smallest absolute Gasteiger partial charge is 0.416 e. The lowest BCUT2D eigenvalue weighted by molar-refractivity contribution is -0.143. The summed E-state index contributed by atoms with van der Waals surface area (Å²) in [5.41, 5.74) is -2.53. The van der Waals surface area contributed by atoms with Crippen molar-refractivity contribution in [3.8, 4) is 0 Å². The van der Waals surface area contributed by atoms with Crippen LogP contribution in [0.1, 0.15) is 35.3 Å². The number of thioether (sulfide) groups is 1. The number of benzene rings is 2. The average molecular weight is 528 g/mol. The summed E-state index contributed by atoms with van der Waals surface area (Å²) in [5, 5.41) is 0. The van der Waals surface area contributed by atoms with E-state index in [0.717, 1.165) is 10.5 Å². The molecule has 0 N–H and O–H groups in total. The van der Waals surface area contributed by atoms with Crippen molar-refractivity contribution in [3.05, 3.63) is 63.1 Å². The van der Waals surface area contributed by atoms with Gasteiger partial charge in [0.15, 0.2) is 0 Å². The van der Waals surface area contributed by atoms with Crippen LogP contribution in [0.15, 0.2) is 45.8 Å². The number of carbonyl (C=O) groups is 1. The van der Waals surface area contributed by atoms with E-state index in [0.29, 0.717) is 16.6 Å². The summed E-state index contributed by atoms with van der Waals surface area (Å²) in [7, 11) is 0. The number of amides is 1. The van der Waals surface area contributed by atoms with E-state index in [4.69, 9.17) is 4.74 Å². The molecule has 168 valence electrons. The number of cyclic esters (lactones) is 1. The van der Waals surface area contributed by atoms with Crippen LogP contribution in [0.2, 0.25) is 0 Å². The lowest BCUT2D eigenvalue weighted by Gasteiger charge is -2.23. The standard InChI is InChI=1S/C20H16BrF6NO2S/c1-10-17(11-5-13(19(22,23)24)8-14(6-11)20(25,26)27)30-18(29)28(10)9-12-7-15(31-2)3-4-16(12)21/h3-8,10,17H,9H2,1-2H3/t10-,17-/m0/s1. The first kappa shape index (κ1) is 23.8. The maximum atomic E-state index is 13.2. The van der Waals surface area contributed by atoms with Gasteiger partial charge >= 0.3 is 18.4 Å². The number of hydrogen-bond acceptors (Lipinski definition) is 3. The Hall–Kier alpha value is -1.88. The summed E-state index contributed by atoms with van der Waals surface area (Å²) in [4.78, 5) is 14.7. The number of ether oxygens (including phenoxy) is 1. The van der Waals surface area contributed by atoms with E-state index >= 15 is 0 Å². The molecule has 0 aromatic heterocycles. The summed E-state index contributed by atoms with van der Waals surface area (Å²) < 4.78 is 85.0. The van der Waals surface area contributed by atoms with Crippen molar-refractivity contribution in [2.24, 2.45) is 0 Å². The van der Waals surface area contributed by atoms with Crippen molar-refractivity contribution in [1.82, 2.24) is 4.90 Å². The third-order valence-corrected chi connectivity index (χ3v) is 6.42. The number of alkyl halides is 6. The maximum absolute atomic E-state index is 13.2. The van der Waals surface area contributed by atoms with Crippen LogP contribution in [0.5, 0.6) is 0 Å². The number of carbonyl (C=O) groups excluding carboxylic acids is 1. The van der Waals surface area contributed by atoms with Crippen LogP contribution in [0, 0.1) is 0 Å². The Bertz CT molecular complexity index is 962. The molecule has 0 unspecified atom stereocenters. The van der Waals surface area contributed by atoms with E-state index in [9.17, 15) is 31.1 Å². The maximum Gasteiger partial charge on any atom is 0.416 e. The molecule has 2 aromatic carbocycles. The predicted molar refractivity (Wildman–Crippen MR) is 107 cm³/mol. The van der Waals surface area contributed by atoms with Crippen molar-refractivity contribution in [2.45, 2.75) is 42.9 Å². The van der Waals surface area contributed by atoms with Gasteiger partial charge in [-0.15, -0.1) is 11.8 Å². The highest BCUT2D eigenvalue weighted by atomic mass is 79.9. The fourth-order valence-corrected chi connectivity index (χ4v) is 4.12.